The van der Waals surface area contributed by atoms with E-state index in [1.807, 2.05) is 0 Å². The predicted molar refractivity (Wildman–Crippen MR) is 45.1 cm³/mol. The van der Waals surface area contributed by atoms with Crippen LogP contribution >= 0.6 is 0 Å². The molecular weight excluding hydrogens is 158 g/mol. The summed E-state index contributed by atoms with van der Waals surface area (Å²) >= 11 is 0. The minimum Gasteiger partial charge on any atom is -0.448 e. The molecule has 0 radical (unpaired) electrons. The van der Waals surface area contributed by atoms with Crippen LogP contribution in [0.15, 0.2) is 0 Å². The largest absolute Gasteiger partial charge is 0.448 e. The molecule has 12 heavy (non-hydrogen) atoms. The van der Waals surface area contributed by atoms with Crippen molar-refractivity contribution in [3.05, 3.63) is 0 Å². The lowest BCUT2D eigenvalue weighted by atomic mass is 10.4. The Labute approximate surface area is 71.8 Å². The van der Waals surface area contributed by atoms with Crippen LogP contribution in [0.2, 0.25) is 0 Å². The minimum atomic E-state index is -0.296. The molecule has 0 aliphatic carbocycles. The lowest BCUT2D eigenvalue weighted by Gasteiger charge is -2.11. The van der Waals surface area contributed by atoms with Crippen molar-refractivity contribution < 1.29 is 9.53 Å². The zero-order chi connectivity index (χ0) is 8.65. The molecule has 2 aliphatic rings. The number of hydrogen-bond donors (Lipinski definition) is 3. The first-order valence-corrected chi connectivity index (χ1v) is 4.21. The zero-order valence-electron chi connectivity index (χ0n) is 7.06. The monoisotopic (exact) mass is 173 g/mol. The van der Waals surface area contributed by atoms with E-state index in [-0.39, 0.29) is 6.09 Å². The molecule has 2 saturated heterocycles. The maximum atomic E-state index is 9.91. The topological polar surface area (TPSA) is 62.4 Å². The zero-order valence-corrected chi connectivity index (χ0v) is 7.06. The number of nitrogens with one attached hydrogen (secondary N) is 3. The van der Waals surface area contributed by atoms with Crippen LogP contribution in [0.3, 0.4) is 0 Å². The Balaban J connectivity index is 0.000000120. The normalized spacial score (nSPS) is 21.8. The highest BCUT2D eigenvalue weighted by Crippen LogP contribution is 1.82. The highest BCUT2D eigenvalue weighted by atomic mass is 16.6. The van der Waals surface area contributed by atoms with Gasteiger partial charge in [-0.25, -0.2) is 4.79 Å². The van der Waals surface area contributed by atoms with Crippen LogP contribution in [0.4, 0.5) is 4.79 Å². The molecular formula is C7H15N3O2. The highest BCUT2D eigenvalue weighted by molar-refractivity contribution is 5.68. The second-order valence-electron chi connectivity index (χ2n) is 2.56. The Kier molecular flexibility index (Phi) is 4.48. The smallest absolute Gasteiger partial charge is 0.407 e. The minimum absolute atomic E-state index is 0.296. The first kappa shape index (κ1) is 9.28. The molecule has 70 valence electrons. The number of hydrogen-bond acceptors (Lipinski definition) is 4. The fourth-order valence-corrected chi connectivity index (χ4v) is 0.951. The number of carbonyl (C=O) groups excluding carboxylic acids is 1. The Morgan fingerprint density at radius 2 is 1.58 bits per heavy atom. The number of carbonyl (C=O) groups is 1. The van der Waals surface area contributed by atoms with E-state index in [0.717, 1.165) is 26.2 Å². The molecule has 0 aromatic rings. The van der Waals surface area contributed by atoms with Crippen molar-refractivity contribution >= 4 is 6.09 Å². The third-order valence-corrected chi connectivity index (χ3v) is 1.56. The molecule has 3 N–H and O–H groups in total. The van der Waals surface area contributed by atoms with Crippen LogP contribution in [0.1, 0.15) is 0 Å². The van der Waals surface area contributed by atoms with Crippen LogP contribution in [0.5, 0.6) is 0 Å². The average Bonchev–Trinajstić information content (AvgIpc) is 2.60. The Hall–Kier alpha value is -0.810. The van der Waals surface area contributed by atoms with Crippen molar-refractivity contribution in [2.45, 2.75) is 0 Å². The fraction of sp³-hybridized carbons (Fsp3) is 0.857. The molecule has 5 nitrogen and oxygen atoms in total. The van der Waals surface area contributed by atoms with Gasteiger partial charge in [0.1, 0.15) is 6.61 Å². The van der Waals surface area contributed by atoms with Crippen molar-refractivity contribution in [1.29, 1.82) is 0 Å². The standard InChI is InChI=1S/C4H10N2.C3H5NO2/c1-2-6-4-3-5-1;5-3-4-1-2-6-3/h5-6H,1-4H2;1-2H2,(H,4,5). The van der Waals surface area contributed by atoms with Gasteiger partial charge in [-0.15, -0.1) is 0 Å². The summed E-state index contributed by atoms with van der Waals surface area (Å²) in [5, 5.41) is 8.90. The van der Waals surface area contributed by atoms with E-state index in [1.165, 1.54) is 0 Å². The summed E-state index contributed by atoms with van der Waals surface area (Å²) < 4.78 is 4.40. The molecule has 0 aromatic heterocycles. The van der Waals surface area contributed by atoms with Gasteiger partial charge in [0.15, 0.2) is 0 Å². The van der Waals surface area contributed by atoms with Crippen LogP contribution in [-0.2, 0) is 4.74 Å². The lowest BCUT2D eigenvalue weighted by molar-refractivity contribution is 0.178. The van der Waals surface area contributed by atoms with E-state index >= 15 is 0 Å². The highest BCUT2D eigenvalue weighted by Gasteiger charge is 2.06. The summed E-state index contributed by atoms with van der Waals surface area (Å²) in [6, 6.07) is 0. The summed E-state index contributed by atoms with van der Waals surface area (Å²) in [5.41, 5.74) is 0. The summed E-state index contributed by atoms with van der Waals surface area (Å²) in [6.07, 6.45) is -0.296. The van der Waals surface area contributed by atoms with E-state index in [2.05, 4.69) is 20.7 Å². The van der Waals surface area contributed by atoms with Gasteiger partial charge in [0.05, 0.1) is 6.54 Å². The number of rotatable bonds is 0. The maximum Gasteiger partial charge on any atom is 0.407 e. The molecule has 1 amide bonds. The van der Waals surface area contributed by atoms with Crippen LogP contribution in [-0.4, -0.2) is 45.4 Å². The molecule has 0 aromatic carbocycles. The van der Waals surface area contributed by atoms with Crippen molar-refractivity contribution in [1.82, 2.24) is 16.0 Å². The SMILES string of the molecule is C1CNCCN1.O=C1NCCO1. The molecule has 0 unspecified atom stereocenters. The molecule has 2 rings (SSSR count). The van der Waals surface area contributed by atoms with Gasteiger partial charge in [0.2, 0.25) is 0 Å². The molecule has 0 bridgehead atoms. The van der Waals surface area contributed by atoms with Crippen LogP contribution in [0.25, 0.3) is 0 Å². The molecule has 0 atom stereocenters. The Morgan fingerprint density at radius 3 is 1.75 bits per heavy atom. The van der Waals surface area contributed by atoms with Gasteiger partial charge in [0, 0.05) is 26.2 Å². The maximum absolute atomic E-state index is 9.91. The molecule has 2 aliphatic heterocycles. The van der Waals surface area contributed by atoms with Gasteiger partial charge in [-0.3, -0.25) is 0 Å². The van der Waals surface area contributed by atoms with Gasteiger partial charge in [0.25, 0.3) is 0 Å². The van der Waals surface area contributed by atoms with E-state index in [9.17, 15) is 4.79 Å². The van der Waals surface area contributed by atoms with Crippen molar-refractivity contribution in [2.24, 2.45) is 0 Å². The Bertz CT molecular complexity index is 117. The number of cyclic esters (lactones) is 1. The predicted octanol–water partition coefficient (Wildman–Crippen LogP) is -1.09. The number of amides is 1. The quantitative estimate of drug-likeness (QED) is 0.435. The molecule has 2 heterocycles. The van der Waals surface area contributed by atoms with Gasteiger partial charge in [-0.05, 0) is 0 Å². The third-order valence-electron chi connectivity index (χ3n) is 1.56. The molecule has 0 saturated carbocycles. The average molecular weight is 173 g/mol. The Morgan fingerprint density at radius 1 is 1.00 bits per heavy atom. The van der Waals surface area contributed by atoms with Gasteiger partial charge in [-0.1, -0.05) is 0 Å². The van der Waals surface area contributed by atoms with Crippen LogP contribution < -0.4 is 16.0 Å². The number of alkyl carbamates (subject to hydrolysis) is 1. The van der Waals surface area contributed by atoms with Gasteiger partial charge >= 0.3 is 6.09 Å². The third kappa shape index (κ3) is 4.15. The second-order valence-corrected chi connectivity index (χ2v) is 2.56. The number of ether oxygens (including phenoxy) is 1. The van der Waals surface area contributed by atoms with Crippen molar-refractivity contribution in [2.75, 3.05) is 39.3 Å². The lowest BCUT2D eigenvalue weighted by Crippen LogP contribution is -2.39. The summed E-state index contributed by atoms with van der Waals surface area (Å²) in [5.74, 6) is 0. The van der Waals surface area contributed by atoms with Crippen molar-refractivity contribution in [3.8, 4) is 0 Å². The second kappa shape index (κ2) is 5.79. The number of piperazine rings is 1. The van der Waals surface area contributed by atoms with Crippen LogP contribution in [0, 0.1) is 0 Å². The first-order valence-electron chi connectivity index (χ1n) is 4.21. The van der Waals surface area contributed by atoms with E-state index in [1.54, 1.807) is 0 Å². The van der Waals surface area contributed by atoms with Gasteiger partial charge < -0.3 is 20.7 Å². The first-order chi connectivity index (χ1) is 5.89. The molecule has 5 heteroatoms. The van der Waals surface area contributed by atoms with E-state index in [0.29, 0.717) is 13.2 Å². The summed E-state index contributed by atoms with van der Waals surface area (Å²) in [7, 11) is 0. The summed E-state index contributed by atoms with van der Waals surface area (Å²) in [4.78, 5) is 9.91. The fourth-order valence-electron chi connectivity index (χ4n) is 0.951. The van der Waals surface area contributed by atoms with E-state index < -0.39 is 0 Å². The van der Waals surface area contributed by atoms with E-state index in [4.69, 9.17) is 0 Å². The summed E-state index contributed by atoms with van der Waals surface area (Å²) in [6.45, 7) is 5.75. The van der Waals surface area contributed by atoms with Crippen molar-refractivity contribution in [3.63, 3.8) is 0 Å². The van der Waals surface area contributed by atoms with Gasteiger partial charge in [-0.2, -0.15) is 0 Å². The molecule has 0 spiro atoms. The molecule has 2 fully saturated rings.